The predicted octanol–water partition coefficient (Wildman–Crippen LogP) is 1.24. The van der Waals surface area contributed by atoms with Crippen LogP contribution in [0.1, 0.15) is 16.9 Å². The summed E-state index contributed by atoms with van der Waals surface area (Å²) in [6, 6.07) is 5.53. The van der Waals surface area contributed by atoms with Crippen LogP contribution in [0.25, 0.3) is 11.0 Å². The van der Waals surface area contributed by atoms with Gasteiger partial charge in [0, 0.05) is 12.7 Å². The number of nitrogens with one attached hydrogen (secondary N) is 2. The Bertz CT molecular complexity index is 500. The molecule has 2 heterocycles. The van der Waals surface area contributed by atoms with E-state index < -0.39 is 0 Å². The molecule has 0 atom stereocenters. The van der Waals surface area contributed by atoms with E-state index in [0.29, 0.717) is 12.2 Å². The molecule has 0 spiro atoms. The monoisotopic (exact) mass is 246 g/mol. The largest absolute Gasteiger partial charge is 0.351 e. The van der Waals surface area contributed by atoms with Crippen molar-refractivity contribution in [3.05, 3.63) is 30.1 Å². The van der Waals surface area contributed by atoms with Crippen molar-refractivity contribution in [3.63, 3.8) is 0 Å². The molecule has 0 aromatic carbocycles. The van der Waals surface area contributed by atoms with Crippen LogP contribution in [0, 0.1) is 0 Å². The van der Waals surface area contributed by atoms with Crippen LogP contribution in [0.15, 0.2) is 24.4 Å². The first-order chi connectivity index (χ1) is 8.66. The average Bonchev–Trinajstić information content (AvgIpc) is 2.78. The van der Waals surface area contributed by atoms with Gasteiger partial charge in [-0.3, -0.25) is 9.78 Å². The quantitative estimate of drug-likeness (QED) is 0.780. The highest BCUT2D eigenvalue weighted by Crippen LogP contribution is 2.11. The van der Waals surface area contributed by atoms with E-state index in [9.17, 15) is 4.79 Å². The molecule has 0 fully saturated rings. The Balaban J connectivity index is 1.92. The third-order valence-corrected chi connectivity index (χ3v) is 2.70. The number of amides is 1. The van der Waals surface area contributed by atoms with Crippen molar-refractivity contribution >= 4 is 16.9 Å². The summed E-state index contributed by atoms with van der Waals surface area (Å²) in [5.41, 5.74) is 2.26. The fraction of sp³-hybridized carbons (Fsp3) is 0.385. The topological polar surface area (TPSA) is 61.0 Å². The lowest BCUT2D eigenvalue weighted by molar-refractivity contribution is 0.0948. The van der Waals surface area contributed by atoms with Gasteiger partial charge >= 0.3 is 0 Å². The Morgan fingerprint density at radius 1 is 1.50 bits per heavy atom. The number of fused-ring (bicyclic) bond motifs is 1. The van der Waals surface area contributed by atoms with Gasteiger partial charge in [-0.15, -0.1) is 0 Å². The Morgan fingerprint density at radius 3 is 3.06 bits per heavy atom. The molecule has 0 aliphatic rings. The molecule has 2 aromatic heterocycles. The molecule has 0 unspecified atom stereocenters. The van der Waals surface area contributed by atoms with Crippen molar-refractivity contribution in [3.8, 4) is 0 Å². The molecule has 96 valence electrons. The maximum absolute atomic E-state index is 11.9. The van der Waals surface area contributed by atoms with Crippen LogP contribution in [0.3, 0.4) is 0 Å². The molecule has 0 saturated heterocycles. The second-order valence-electron chi connectivity index (χ2n) is 4.53. The van der Waals surface area contributed by atoms with Crippen LogP contribution >= 0.6 is 0 Å². The SMILES string of the molecule is CN(C)CCCNC(=O)c1cc2ncccc2[nH]1. The second kappa shape index (κ2) is 5.64. The standard InChI is InChI=1S/C13H18N4O/c1-17(2)8-4-7-15-13(18)12-9-11-10(16-12)5-3-6-14-11/h3,5-6,9,16H,4,7-8H2,1-2H3,(H,15,18). The van der Waals surface area contributed by atoms with Crippen molar-refractivity contribution in [1.29, 1.82) is 0 Å². The third kappa shape index (κ3) is 3.07. The summed E-state index contributed by atoms with van der Waals surface area (Å²) >= 11 is 0. The lowest BCUT2D eigenvalue weighted by Crippen LogP contribution is -2.27. The van der Waals surface area contributed by atoms with Crippen LogP contribution in [0.5, 0.6) is 0 Å². The maximum Gasteiger partial charge on any atom is 0.267 e. The number of hydrogen-bond donors (Lipinski definition) is 2. The molecular formula is C13H18N4O. The molecule has 0 radical (unpaired) electrons. The summed E-state index contributed by atoms with van der Waals surface area (Å²) in [4.78, 5) is 21.2. The number of carbonyl (C=O) groups is 1. The van der Waals surface area contributed by atoms with Gasteiger partial charge in [-0.1, -0.05) is 0 Å². The Kier molecular flexibility index (Phi) is 3.94. The summed E-state index contributed by atoms with van der Waals surface area (Å²) in [7, 11) is 4.04. The van der Waals surface area contributed by atoms with Crippen LogP contribution in [0.4, 0.5) is 0 Å². The van der Waals surface area contributed by atoms with E-state index in [1.165, 1.54) is 0 Å². The van der Waals surface area contributed by atoms with E-state index in [-0.39, 0.29) is 5.91 Å². The Hall–Kier alpha value is -1.88. The smallest absolute Gasteiger partial charge is 0.267 e. The minimum Gasteiger partial charge on any atom is -0.351 e. The number of rotatable bonds is 5. The molecule has 0 aliphatic heterocycles. The highest BCUT2D eigenvalue weighted by Gasteiger charge is 2.08. The van der Waals surface area contributed by atoms with Crippen LogP contribution < -0.4 is 5.32 Å². The van der Waals surface area contributed by atoms with Gasteiger partial charge in [-0.05, 0) is 45.3 Å². The van der Waals surface area contributed by atoms with Gasteiger partial charge in [0.15, 0.2) is 0 Å². The van der Waals surface area contributed by atoms with E-state index >= 15 is 0 Å². The van der Waals surface area contributed by atoms with Crippen molar-refractivity contribution in [2.75, 3.05) is 27.2 Å². The number of carbonyl (C=O) groups excluding carboxylic acids is 1. The minimum absolute atomic E-state index is 0.0771. The van der Waals surface area contributed by atoms with Gasteiger partial charge in [0.05, 0.1) is 11.0 Å². The number of H-pyrrole nitrogens is 1. The molecule has 5 nitrogen and oxygen atoms in total. The molecule has 0 saturated carbocycles. The zero-order valence-electron chi connectivity index (χ0n) is 10.7. The Morgan fingerprint density at radius 2 is 2.33 bits per heavy atom. The molecule has 0 bridgehead atoms. The zero-order chi connectivity index (χ0) is 13.0. The fourth-order valence-corrected chi connectivity index (χ4v) is 1.77. The van der Waals surface area contributed by atoms with E-state index in [2.05, 4.69) is 20.2 Å². The van der Waals surface area contributed by atoms with Gasteiger partial charge in [-0.25, -0.2) is 0 Å². The molecule has 2 rings (SSSR count). The maximum atomic E-state index is 11.9. The lowest BCUT2D eigenvalue weighted by atomic mass is 10.3. The zero-order valence-corrected chi connectivity index (χ0v) is 10.7. The van der Waals surface area contributed by atoms with Gasteiger partial charge in [-0.2, -0.15) is 0 Å². The first kappa shape index (κ1) is 12.6. The summed E-state index contributed by atoms with van der Waals surface area (Å²) in [5.74, 6) is -0.0771. The number of hydrogen-bond acceptors (Lipinski definition) is 3. The minimum atomic E-state index is -0.0771. The molecular weight excluding hydrogens is 228 g/mol. The number of aromatic amines is 1. The van der Waals surface area contributed by atoms with E-state index in [1.807, 2.05) is 26.2 Å². The highest BCUT2D eigenvalue weighted by atomic mass is 16.1. The van der Waals surface area contributed by atoms with Crippen molar-refractivity contribution in [2.24, 2.45) is 0 Å². The van der Waals surface area contributed by atoms with Crippen LogP contribution in [0.2, 0.25) is 0 Å². The van der Waals surface area contributed by atoms with E-state index in [0.717, 1.165) is 24.0 Å². The van der Waals surface area contributed by atoms with Crippen LogP contribution in [-0.4, -0.2) is 48.0 Å². The van der Waals surface area contributed by atoms with Gasteiger partial charge in [0.2, 0.25) is 0 Å². The molecule has 1 amide bonds. The predicted molar refractivity (Wildman–Crippen MR) is 71.6 cm³/mol. The van der Waals surface area contributed by atoms with E-state index in [4.69, 9.17) is 0 Å². The molecule has 18 heavy (non-hydrogen) atoms. The van der Waals surface area contributed by atoms with Crippen LogP contribution in [-0.2, 0) is 0 Å². The van der Waals surface area contributed by atoms with Gasteiger partial charge in [0.1, 0.15) is 5.69 Å². The van der Waals surface area contributed by atoms with Crippen molar-refractivity contribution in [1.82, 2.24) is 20.2 Å². The highest BCUT2D eigenvalue weighted by molar-refractivity contribution is 5.96. The first-order valence-electron chi connectivity index (χ1n) is 6.03. The summed E-state index contributed by atoms with van der Waals surface area (Å²) in [6.07, 6.45) is 2.66. The van der Waals surface area contributed by atoms with Crippen molar-refractivity contribution < 1.29 is 4.79 Å². The van der Waals surface area contributed by atoms with E-state index in [1.54, 1.807) is 12.3 Å². The molecule has 2 aromatic rings. The van der Waals surface area contributed by atoms with Gasteiger partial charge < -0.3 is 15.2 Å². The summed E-state index contributed by atoms with van der Waals surface area (Å²) in [5, 5.41) is 2.89. The molecule has 0 aliphatic carbocycles. The summed E-state index contributed by atoms with van der Waals surface area (Å²) < 4.78 is 0. The number of aromatic nitrogens is 2. The molecule has 5 heteroatoms. The lowest BCUT2D eigenvalue weighted by Gasteiger charge is -2.09. The van der Waals surface area contributed by atoms with Gasteiger partial charge in [0.25, 0.3) is 5.91 Å². The third-order valence-electron chi connectivity index (χ3n) is 2.70. The Labute approximate surface area is 106 Å². The fourth-order valence-electron chi connectivity index (χ4n) is 1.77. The second-order valence-corrected chi connectivity index (χ2v) is 4.53. The van der Waals surface area contributed by atoms with Crippen molar-refractivity contribution in [2.45, 2.75) is 6.42 Å². The molecule has 2 N–H and O–H groups in total. The first-order valence-corrected chi connectivity index (χ1v) is 6.03. The number of pyridine rings is 1. The summed E-state index contributed by atoms with van der Waals surface area (Å²) in [6.45, 7) is 1.65. The normalized spacial score (nSPS) is 11.1. The average molecular weight is 246 g/mol. The number of nitrogens with zero attached hydrogens (tertiary/aromatic N) is 2.